The number of benzene rings is 1. The van der Waals surface area contributed by atoms with Gasteiger partial charge in [0.25, 0.3) is 0 Å². The van der Waals surface area contributed by atoms with Crippen LogP contribution in [0.2, 0.25) is 0 Å². The van der Waals surface area contributed by atoms with Crippen molar-refractivity contribution in [1.29, 1.82) is 0 Å². The summed E-state index contributed by atoms with van der Waals surface area (Å²) in [6.45, 7) is 4.57. The molecule has 1 N–H and O–H groups in total. The predicted octanol–water partition coefficient (Wildman–Crippen LogP) is 3.23. The summed E-state index contributed by atoms with van der Waals surface area (Å²) in [6, 6.07) is 9.83. The number of ether oxygens (including phenoxy) is 1. The summed E-state index contributed by atoms with van der Waals surface area (Å²) in [4.78, 5) is 22.2. The Kier molecular flexibility index (Phi) is 3.49. The highest BCUT2D eigenvalue weighted by molar-refractivity contribution is 5.98. The van der Waals surface area contributed by atoms with Crippen LogP contribution in [0.15, 0.2) is 42.7 Å². The second-order valence-corrected chi connectivity index (χ2v) is 6.29. The molecule has 1 aliphatic rings. The van der Waals surface area contributed by atoms with Gasteiger partial charge < -0.3 is 14.6 Å². The number of carbonyl (C=O) groups excluding carboxylic acids is 1. The third-order valence-corrected chi connectivity index (χ3v) is 4.35. The number of aryl methyl sites for hydroxylation is 1. The van der Waals surface area contributed by atoms with Crippen molar-refractivity contribution in [3.8, 4) is 5.75 Å². The Morgan fingerprint density at radius 1 is 1.42 bits per heavy atom. The fourth-order valence-electron chi connectivity index (χ4n) is 3.20. The van der Waals surface area contributed by atoms with Crippen LogP contribution in [0.3, 0.4) is 0 Å². The Hall–Kier alpha value is -2.82. The average Bonchev–Trinajstić information content (AvgIpc) is 2.98. The summed E-state index contributed by atoms with van der Waals surface area (Å²) in [5.41, 5.74) is 3.75. The molecule has 1 amide bonds. The summed E-state index contributed by atoms with van der Waals surface area (Å²) >= 11 is 0. The molecule has 0 radical (unpaired) electrons. The third kappa shape index (κ3) is 2.52. The number of nitrogens with zero attached hydrogens (tertiary/aromatic N) is 2. The molecular formula is C19H19N3O2. The number of aromatic nitrogens is 2. The van der Waals surface area contributed by atoms with Gasteiger partial charge in [-0.2, -0.15) is 0 Å². The van der Waals surface area contributed by atoms with Crippen molar-refractivity contribution in [2.24, 2.45) is 0 Å². The minimum atomic E-state index is -0.0196. The zero-order chi connectivity index (χ0) is 16.7. The van der Waals surface area contributed by atoms with E-state index in [1.807, 2.05) is 55.3 Å². The fraction of sp³-hybridized carbons (Fsp3) is 0.263. The van der Waals surface area contributed by atoms with E-state index in [0.717, 1.165) is 33.6 Å². The number of hydrogen-bond donors (Lipinski definition) is 1. The van der Waals surface area contributed by atoms with Crippen LogP contribution in [0.4, 0.5) is 5.69 Å². The van der Waals surface area contributed by atoms with Crippen LogP contribution in [-0.2, 0) is 11.2 Å². The lowest BCUT2D eigenvalue weighted by Crippen LogP contribution is -2.43. The summed E-state index contributed by atoms with van der Waals surface area (Å²) < 4.78 is 5.86. The van der Waals surface area contributed by atoms with Gasteiger partial charge in [0.05, 0.1) is 18.7 Å². The largest absolute Gasteiger partial charge is 0.487 e. The summed E-state index contributed by atoms with van der Waals surface area (Å²) in [5, 5.41) is 0.997. The van der Waals surface area contributed by atoms with Gasteiger partial charge in [-0.15, -0.1) is 0 Å². The lowest BCUT2D eigenvalue weighted by atomic mass is 10.1. The Morgan fingerprint density at radius 3 is 3.17 bits per heavy atom. The number of aromatic amines is 1. The Balaban J connectivity index is 1.66. The van der Waals surface area contributed by atoms with Crippen molar-refractivity contribution >= 4 is 22.6 Å². The maximum absolute atomic E-state index is 13.0. The molecule has 1 aromatic carbocycles. The summed E-state index contributed by atoms with van der Waals surface area (Å²) in [5.74, 6) is 0.843. The molecule has 0 unspecified atom stereocenters. The van der Waals surface area contributed by atoms with Gasteiger partial charge >= 0.3 is 0 Å². The molecule has 0 spiro atoms. The van der Waals surface area contributed by atoms with Crippen molar-refractivity contribution < 1.29 is 9.53 Å². The van der Waals surface area contributed by atoms with E-state index >= 15 is 0 Å². The Morgan fingerprint density at radius 2 is 2.29 bits per heavy atom. The molecule has 3 heterocycles. The molecule has 1 atom stereocenters. The average molecular weight is 321 g/mol. The van der Waals surface area contributed by atoms with Gasteiger partial charge in [0.2, 0.25) is 5.91 Å². The third-order valence-electron chi connectivity index (χ3n) is 4.35. The van der Waals surface area contributed by atoms with Crippen LogP contribution in [0, 0.1) is 6.92 Å². The first-order valence-corrected chi connectivity index (χ1v) is 8.10. The first kappa shape index (κ1) is 14.8. The molecule has 0 saturated heterocycles. The van der Waals surface area contributed by atoms with Gasteiger partial charge in [0.1, 0.15) is 17.5 Å². The van der Waals surface area contributed by atoms with E-state index in [0.29, 0.717) is 13.0 Å². The lowest BCUT2D eigenvalue weighted by molar-refractivity contribution is -0.118. The number of carbonyl (C=O) groups is 1. The number of amides is 1. The van der Waals surface area contributed by atoms with Crippen molar-refractivity contribution in [3.05, 3.63) is 53.9 Å². The highest BCUT2D eigenvalue weighted by atomic mass is 16.5. The van der Waals surface area contributed by atoms with Crippen LogP contribution >= 0.6 is 0 Å². The number of nitrogens with one attached hydrogen (secondary N) is 1. The van der Waals surface area contributed by atoms with Crippen LogP contribution < -0.4 is 9.64 Å². The second kappa shape index (κ2) is 5.67. The van der Waals surface area contributed by atoms with E-state index < -0.39 is 0 Å². The molecule has 5 heteroatoms. The summed E-state index contributed by atoms with van der Waals surface area (Å²) in [6.07, 6.45) is 3.93. The first-order valence-electron chi connectivity index (χ1n) is 8.10. The maximum Gasteiger partial charge on any atom is 0.231 e. The maximum atomic E-state index is 13.0. The number of hydrogen-bond acceptors (Lipinski definition) is 3. The number of rotatable bonds is 2. The zero-order valence-corrected chi connectivity index (χ0v) is 13.7. The standard InChI is InChI=1S/C19H19N3O2/c1-12-5-6-17-16(8-12)22(11-13(2)24-17)18(23)9-14-10-21-19-15(14)4-3-7-20-19/h3-8,10,13H,9,11H2,1-2H3,(H,20,21)/t13-/m0/s1. The monoisotopic (exact) mass is 321 g/mol. The van der Waals surface area contributed by atoms with E-state index in [1.165, 1.54) is 0 Å². The van der Waals surface area contributed by atoms with Gasteiger partial charge in [-0.05, 0) is 49.2 Å². The van der Waals surface area contributed by atoms with E-state index in [9.17, 15) is 4.79 Å². The summed E-state index contributed by atoms with van der Waals surface area (Å²) in [7, 11) is 0. The Bertz CT molecular complexity index is 916. The van der Waals surface area contributed by atoms with Crippen LogP contribution in [0.5, 0.6) is 5.75 Å². The topological polar surface area (TPSA) is 58.2 Å². The molecule has 2 aromatic heterocycles. The molecule has 0 aliphatic carbocycles. The highest BCUT2D eigenvalue weighted by Gasteiger charge is 2.28. The minimum absolute atomic E-state index is 0.0196. The quantitative estimate of drug-likeness (QED) is 0.788. The van der Waals surface area contributed by atoms with Gasteiger partial charge in [0, 0.05) is 17.8 Å². The normalized spacial score (nSPS) is 16.8. The molecule has 24 heavy (non-hydrogen) atoms. The van der Waals surface area contributed by atoms with Gasteiger partial charge in [0.15, 0.2) is 0 Å². The van der Waals surface area contributed by atoms with Crippen LogP contribution in [0.1, 0.15) is 18.1 Å². The Labute approximate surface area is 140 Å². The number of anilines is 1. The molecular weight excluding hydrogens is 302 g/mol. The lowest BCUT2D eigenvalue weighted by Gasteiger charge is -2.33. The van der Waals surface area contributed by atoms with Gasteiger partial charge in [-0.1, -0.05) is 6.07 Å². The number of H-pyrrole nitrogens is 1. The predicted molar refractivity (Wildman–Crippen MR) is 93.4 cm³/mol. The molecule has 0 saturated carbocycles. The van der Waals surface area contributed by atoms with E-state index in [1.54, 1.807) is 6.20 Å². The smallest absolute Gasteiger partial charge is 0.231 e. The van der Waals surface area contributed by atoms with Crippen molar-refractivity contribution in [1.82, 2.24) is 9.97 Å². The zero-order valence-electron chi connectivity index (χ0n) is 13.7. The van der Waals surface area contributed by atoms with Crippen molar-refractivity contribution in [2.75, 3.05) is 11.4 Å². The fourth-order valence-corrected chi connectivity index (χ4v) is 3.20. The molecule has 3 aromatic rings. The SMILES string of the molecule is Cc1ccc2c(c1)N(C(=O)Cc1c[nH]c3ncccc13)C[C@H](C)O2. The minimum Gasteiger partial charge on any atom is -0.487 e. The van der Waals surface area contributed by atoms with E-state index in [2.05, 4.69) is 9.97 Å². The molecule has 5 nitrogen and oxygen atoms in total. The van der Waals surface area contributed by atoms with Gasteiger partial charge in [-0.25, -0.2) is 4.98 Å². The van der Waals surface area contributed by atoms with Gasteiger partial charge in [-0.3, -0.25) is 4.79 Å². The molecule has 122 valence electrons. The molecule has 0 bridgehead atoms. The van der Waals surface area contributed by atoms with Crippen LogP contribution in [0.25, 0.3) is 11.0 Å². The molecule has 1 aliphatic heterocycles. The van der Waals surface area contributed by atoms with E-state index in [-0.39, 0.29) is 12.0 Å². The molecule has 4 rings (SSSR count). The van der Waals surface area contributed by atoms with E-state index in [4.69, 9.17) is 4.74 Å². The number of fused-ring (bicyclic) bond motifs is 2. The first-order chi connectivity index (χ1) is 11.6. The van der Waals surface area contributed by atoms with Crippen molar-refractivity contribution in [2.45, 2.75) is 26.4 Å². The van der Waals surface area contributed by atoms with Crippen molar-refractivity contribution in [3.63, 3.8) is 0 Å². The highest BCUT2D eigenvalue weighted by Crippen LogP contribution is 2.34. The number of pyridine rings is 1. The second-order valence-electron chi connectivity index (χ2n) is 6.29. The molecule has 0 fully saturated rings. The van der Waals surface area contributed by atoms with Crippen LogP contribution in [-0.4, -0.2) is 28.5 Å².